The van der Waals surface area contributed by atoms with Crippen LogP contribution in [0.1, 0.15) is 21.5 Å². The van der Waals surface area contributed by atoms with Crippen molar-refractivity contribution in [2.75, 3.05) is 46.3 Å². The first-order valence-corrected chi connectivity index (χ1v) is 10.2. The van der Waals surface area contributed by atoms with Crippen LogP contribution in [0.25, 0.3) is 10.2 Å². The number of rotatable bonds is 7. The average Bonchev–Trinajstić information content (AvgIpc) is 3.12. The van der Waals surface area contributed by atoms with Crippen LogP contribution in [0.4, 0.5) is 5.13 Å². The Balaban J connectivity index is 0.00000320. The summed E-state index contributed by atoms with van der Waals surface area (Å²) in [6.07, 6.45) is 0. The Labute approximate surface area is 187 Å². The number of thiazole rings is 1. The number of nitrogens with zero attached hydrogens (tertiary/aromatic N) is 3. The van der Waals surface area contributed by atoms with Crippen molar-refractivity contribution in [2.45, 2.75) is 13.8 Å². The van der Waals surface area contributed by atoms with E-state index in [-0.39, 0.29) is 18.3 Å². The number of hydrogen-bond donors (Lipinski definition) is 0. The molecule has 0 unspecified atom stereocenters. The number of carbonyl (C=O) groups is 1. The summed E-state index contributed by atoms with van der Waals surface area (Å²) >= 11 is 1.44. The van der Waals surface area contributed by atoms with Gasteiger partial charge >= 0.3 is 0 Å². The van der Waals surface area contributed by atoms with Crippen molar-refractivity contribution >= 4 is 45.0 Å². The summed E-state index contributed by atoms with van der Waals surface area (Å²) < 4.78 is 11.8. The molecule has 3 rings (SSSR count). The molecule has 0 spiro atoms. The Bertz CT molecular complexity index is 995. The van der Waals surface area contributed by atoms with E-state index in [1.807, 2.05) is 58.3 Å². The normalized spacial score (nSPS) is 10.8. The van der Waals surface area contributed by atoms with Gasteiger partial charge in [-0.05, 0) is 51.7 Å². The van der Waals surface area contributed by atoms with Crippen LogP contribution in [0, 0.1) is 13.8 Å². The fourth-order valence-corrected chi connectivity index (χ4v) is 4.27. The number of anilines is 1. The SMILES string of the molecule is COc1ccc(OC)c2sc(N(CCN(C)C)C(=O)c3ccc(C)cc3C)nc12.Cl. The number of ether oxygens (including phenoxy) is 2. The van der Waals surface area contributed by atoms with E-state index in [9.17, 15) is 4.79 Å². The van der Waals surface area contributed by atoms with Gasteiger partial charge in [0.05, 0.1) is 14.2 Å². The summed E-state index contributed by atoms with van der Waals surface area (Å²) in [5.74, 6) is 1.33. The molecule has 0 saturated heterocycles. The summed E-state index contributed by atoms with van der Waals surface area (Å²) in [6.45, 7) is 5.25. The number of benzene rings is 2. The van der Waals surface area contributed by atoms with Crippen LogP contribution in [0.15, 0.2) is 30.3 Å². The van der Waals surface area contributed by atoms with Crippen LogP contribution in [0.5, 0.6) is 11.5 Å². The maximum Gasteiger partial charge on any atom is 0.260 e. The summed E-state index contributed by atoms with van der Waals surface area (Å²) in [5, 5.41) is 0.634. The highest BCUT2D eigenvalue weighted by Crippen LogP contribution is 2.40. The number of methoxy groups -OCH3 is 2. The van der Waals surface area contributed by atoms with Crippen LogP contribution in [-0.2, 0) is 0 Å². The molecule has 0 fully saturated rings. The Morgan fingerprint density at radius 1 is 1.03 bits per heavy atom. The Morgan fingerprint density at radius 3 is 2.30 bits per heavy atom. The molecule has 162 valence electrons. The third-order valence-electron chi connectivity index (χ3n) is 4.76. The number of likely N-dealkylation sites (N-methyl/N-ethyl adjacent to an activating group) is 1. The van der Waals surface area contributed by atoms with Gasteiger partial charge in [0.1, 0.15) is 21.7 Å². The zero-order valence-corrected chi connectivity index (χ0v) is 19.8. The summed E-state index contributed by atoms with van der Waals surface area (Å²) in [7, 11) is 7.23. The van der Waals surface area contributed by atoms with Crippen molar-refractivity contribution in [1.29, 1.82) is 0 Å². The van der Waals surface area contributed by atoms with E-state index in [0.29, 0.717) is 28.5 Å². The molecular weight excluding hydrogens is 422 g/mol. The molecule has 0 aliphatic carbocycles. The maximum absolute atomic E-state index is 13.5. The molecule has 0 radical (unpaired) electrons. The van der Waals surface area contributed by atoms with E-state index in [4.69, 9.17) is 14.5 Å². The molecule has 1 amide bonds. The lowest BCUT2D eigenvalue weighted by molar-refractivity contribution is 0.0984. The smallest absolute Gasteiger partial charge is 0.260 e. The number of halogens is 1. The van der Waals surface area contributed by atoms with Crippen molar-refractivity contribution in [1.82, 2.24) is 9.88 Å². The summed E-state index contributed by atoms with van der Waals surface area (Å²) in [5.41, 5.74) is 3.48. The molecule has 0 aliphatic rings. The first-order chi connectivity index (χ1) is 13.8. The lowest BCUT2D eigenvalue weighted by Crippen LogP contribution is -2.37. The highest BCUT2D eigenvalue weighted by atomic mass is 35.5. The van der Waals surface area contributed by atoms with E-state index in [1.165, 1.54) is 11.3 Å². The minimum absolute atomic E-state index is 0. The number of fused-ring (bicyclic) bond motifs is 1. The number of amides is 1. The molecule has 0 aliphatic heterocycles. The van der Waals surface area contributed by atoms with Gasteiger partial charge in [0.15, 0.2) is 5.13 Å². The predicted octanol–water partition coefficient (Wildman–Crippen LogP) is 4.56. The van der Waals surface area contributed by atoms with Crippen molar-refractivity contribution in [2.24, 2.45) is 0 Å². The Morgan fingerprint density at radius 2 is 1.70 bits per heavy atom. The van der Waals surface area contributed by atoms with Crippen LogP contribution >= 0.6 is 23.7 Å². The van der Waals surface area contributed by atoms with E-state index < -0.39 is 0 Å². The maximum atomic E-state index is 13.5. The quantitative estimate of drug-likeness (QED) is 0.529. The fourth-order valence-electron chi connectivity index (χ4n) is 3.17. The number of aromatic nitrogens is 1. The van der Waals surface area contributed by atoms with Gasteiger partial charge in [-0.25, -0.2) is 4.98 Å². The molecule has 8 heteroatoms. The predicted molar refractivity (Wildman–Crippen MR) is 126 cm³/mol. The number of aryl methyl sites for hydroxylation is 2. The molecule has 0 N–H and O–H groups in total. The second-order valence-corrected chi connectivity index (χ2v) is 8.20. The van der Waals surface area contributed by atoms with Crippen LogP contribution in [0.2, 0.25) is 0 Å². The van der Waals surface area contributed by atoms with Gasteiger partial charge in [-0.3, -0.25) is 9.69 Å². The summed E-state index contributed by atoms with van der Waals surface area (Å²) in [6, 6.07) is 9.58. The Kier molecular flexibility index (Phi) is 8.06. The fraction of sp³-hybridized carbons (Fsp3) is 0.364. The van der Waals surface area contributed by atoms with E-state index in [0.717, 1.165) is 28.1 Å². The van der Waals surface area contributed by atoms with Crippen molar-refractivity contribution in [3.05, 3.63) is 47.0 Å². The van der Waals surface area contributed by atoms with E-state index in [2.05, 4.69) is 4.90 Å². The van der Waals surface area contributed by atoms with Crippen LogP contribution in [-0.4, -0.2) is 57.2 Å². The van der Waals surface area contributed by atoms with Crippen molar-refractivity contribution in [3.63, 3.8) is 0 Å². The largest absolute Gasteiger partial charge is 0.495 e. The third kappa shape index (κ3) is 4.86. The first-order valence-electron chi connectivity index (χ1n) is 9.41. The van der Waals surface area contributed by atoms with Crippen LogP contribution < -0.4 is 14.4 Å². The number of hydrogen-bond acceptors (Lipinski definition) is 6. The molecule has 30 heavy (non-hydrogen) atoms. The van der Waals surface area contributed by atoms with E-state index >= 15 is 0 Å². The van der Waals surface area contributed by atoms with E-state index in [1.54, 1.807) is 19.1 Å². The third-order valence-corrected chi connectivity index (χ3v) is 5.85. The lowest BCUT2D eigenvalue weighted by atomic mass is 10.0. The standard InChI is InChI=1S/C22H27N3O3S.ClH/c1-14-7-8-16(15(2)13-14)21(26)25(12-11-24(3)4)22-23-19-17(27-5)9-10-18(28-6)20(19)29-22;/h7-10,13H,11-12H2,1-6H3;1H. The van der Waals surface area contributed by atoms with Gasteiger partial charge in [-0.15, -0.1) is 12.4 Å². The van der Waals surface area contributed by atoms with Crippen molar-refractivity contribution < 1.29 is 14.3 Å². The number of carbonyl (C=O) groups excluding carboxylic acids is 1. The molecule has 1 aromatic heterocycles. The molecule has 0 saturated carbocycles. The van der Waals surface area contributed by atoms with Gasteiger partial charge in [-0.1, -0.05) is 29.0 Å². The average molecular weight is 450 g/mol. The molecule has 0 atom stereocenters. The zero-order chi connectivity index (χ0) is 21.1. The van der Waals surface area contributed by atoms with Crippen molar-refractivity contribution in [3.8, 4) is 11.5 Å². The summed E-state index contributed by atoms with van der Waals surface area (Å²) in [4.78, 5) is 22.1. The van der Waals surface area contributed by atoms with Gasteiger partial charge in [0.2, 0.25) is 0 Å². The van der Waals surface area contributed by atoms with Crippen LogP contribution in [0.3, 0.4) is 0 Å². The molecule has 2 aromatic carbocycles. The van der Waals surface area contributed by atoms with Gasteiger partial charge < -0.3 is 14.4 Å². The van der Waals surface area contributed by atoms with Gasteiger partial charge in [0.25, 0.3) is 5.91 Å². The monoisotopic (exact) mass is 449 g/mol. The highest BCUT2D eigenvalue weighted by Gasteiger charge is 2.24. The topological polar surface area (TPSA) is 54.9 Å². The molecule has 1 heterocycles. The first kappa shape index (κ1) is 23.9. The zero-order valence-electron chi connectivity index (χ0n) is 18.2. The second-order valence-electron chi connectivity index (χ2n) is 7.22. The minimum Gasteiger partial charge on any atom is -0.495 e. The molecule has 0 bridgehead atoms. The minimum atomic E-state index is -0.0543. The van der Waals surface area contributed by atoms with Gasteiger partial charge in [0, 0.05) is 18.7 Å². The lowest BCUT2D eigenvalue weighted by Gasteiger charge is -2.23. The highest BCUT2D eigenvalue weighted by molar-refractivity contribution is 7.22. The second kappa shape index (κ2) is 10.1. The molecule has 6 nitrogen and oxygen atoms in total. The van der Waals surface area contributed by atoms with Gasteiger partial charge in [-0.2, -0.15) is 0 Å². The molecular formula is C22H28ClN3O3S. The Hall–Kier alpha value is -2.35. The molecule has 3 aromatic rings.